The Morgan fingerprint density at radius 3 is 2.58 bits per heavy atom. The van der Waals surface area contributed by atoms with E-state index in [0.717, 1.165) is 35.3 Å². The number of likely N-dealkylation sites (tertiary alicyclic amines) is 1. The van der Waals surface area contributed by atoms with E-state index < -0.39 is 0 Å². The maximum Gasteiger partial charge on any atom is 0.182 e. The Morgan fingerprint density at radius 1 is 0.921 bits per heavy atom. The van der Waals surface area contributed by atoms with Gasteiger partial charge in [-0.25, -0.2) is 9.97 Å². The Labute approximate surface area is 220 Å². The van der Waals surface area contributed by atoms with Gasteiger partial charge >= 0.3 is 0 Å². The summed E-state index contributed by atoms with van der Waals surface area (Å²) < 4.78 is 3.64. The third-order valence-corrected chi connectivity index (χ3v) is 6.94. The van der Waals surface area contributed by atoms with Crippen LogP contribution in [-0.4, -0.2) is 69.9 Å². The molecule has 0 N–H and O–H groups in total. The summed E-state index contributed by atoms with van der Waals surface area (Å²) in [6.45, 7) is 6.13. The number of nitrogens with zero attached hydrogens (tertiary/aromatic N) is 9. The monoisotopic (exact) mass is 507 g/mol. The van der Waals surface area contributed by atoms with E-state index in [1.807, 2.05) is 54.5 Å². The molecule has 4 aromatic heterocycles. The van der Waals surface area contributed by atoms with Crippen molar-refractivity contribution in [1.82, 2.24) is 44.5 Å². The van der Waals surface area contributed by atoms with Crippen molar-refractivity contribution in [1.29, 1.82) is 0 Å². The van der Waals surface area contributed by atoms with E-state index in [9.17, 15) is 4.79 Å². The third kappa shape index (κ3) is 5.08. The average molecular weight is 508 g/mol. The van der Waals surface area contributed by atoms with Crippen LogP contribution in [-0.2, 0) is 13.0 Å². The maximum absolute atomic E-state index is 12.1. The van der Waals surface area contributed by atoms with Crippen molar-refractivity contribution < 1.29 is 4.79 Å². The average Bonchev–Trinajstić information content (AvgIpc) is 3.73. The number of Topliss-reactive ketones (excluding diaryl/α,β-unsaturated/α-hetero) is 1. The molecule has 5 heterocycles. The lowest BCUT2D eigenvalue weighted by Gasteiger charge is -2.13. The fourth-order valence-corrected chi connectivity index (χ4v) is 4.79. The number of carbonyl (C=O) groups is 1. The number of ketones is 1. The molecule has 1 fully saturated rings. The molecule has 192 valence electrons. The lowest BCUT2D eigenvalue weighted by Crippen LogP contribution is -2.24. The Balaban J connectivity index is 1.16. The highest BCUT2D eigenvalue weighted by Crippen LogP contribution is 2.22. The van der Waals surface area contributed by atoms with Gasteiger partial charge in [-0.1, -0.05) is 25.1 Å². The van der Waals surface area contributed by atoms with Gasteiger partial charge in [-0.15, -0.1) is 10.2 Å². The van der Waals surface area contributed by atoms with Gasteiger partial charge in [0.1, 0.15) is 5.69 Å². The van der Waals surface area contributed by atoms with Gasteiger partial charge in [-0.05, 0) is 49.7 Å². The predicted molar refractivity (Wildman–Crippen MR) is 143 cm³/mol. The van der Waals surface area contributed by atoms with Gasteiger partial charge < -0.3 is 4.90 Å². The second kappa shape index (κ2) is 10.6. The summed E-state index contributed by atoms with van der Waals surface area (Å²) >= 11 is 0. The van der Waals surface area contributed by atoms with Crippen molar-refractivity contribution in [3.05, 3.63) is 78.3 Å². The van der Waals surface area contributed by atoms with Gasteiger partial charge in [0.05, 0.1) is 12.7 Å². The lowest BCUT2D eigenvalue weighted by molar-refractivity contribution is 0.0982. The summed E-state index contributed by atoms with van der Waals surface area (Å²) in [5.74, 6) is 1.31. The second-order valence-electron chi connectivity index (χ2n) is 9.59. The molecule has 0 spiro atoms. The molecule has 0 unspecified atom stereocenters. The highest BCUT2D eigenvalue weighted by molar-refractivity contribution is 5.93. The molecule has 0 aliphatic carbocycles. The molecule has 1 aliphatic heterocycles. The van der Waals surface area contributed by atoms with Gasteiger partial charge in [-0.3, -0.25) is 9.48 Å². The largest absolute Gasteiger partial charge is 0.301 e. The number of benzene rings is 1. The first kappa shape index (κ1) is 24.1. The van der Waals surface area contributed by atoms with Crippen molar-refractivity contribution in [3.63, 3.8) is 0 Å². The van der Waals surface area contributed by atoms with Crippen LogP contribution < -0.4 is 0 Å². The van der Waals surface area contributed by atoms with Gasteiger partial charge in [-0.2, -0.15) is 14.7 Å². The predicted octanol–water partition coefficient (Wildman–Crippen LogP) is 3.72. The molecular formula is C28H29N9O. The number of hydrogen-bond acceptors (Lipinski definition) is 8. The van der Waals surface area contributed by atoms with Gasteiger partial charge in [0.25, 0.3) is 0 Å². The van der Waals surface area contributed by atoms with E-state index >= 15 is 0 Å². The van der Waals surface area contributed by atoms with Crippen LogP contribution in [0.2, 0.25) is 0 Å². The van der Waals surface area contributed by atoms with Crippen LogP contribution in [0.25, 0.3) is 28.2 Å². The van der Waals surface area contributed by atoms with Crippen LogP contribution in [0.15, 0.2) is 61.2 Å². The van der Waals surface area contributed by atoms with Crippen LogP contribution >= 0.6 is 0 Å². The molecule has 0 saturated carbocycles. The van der Waals surface area contributed by atoms with Crippen LogP contribution in [0.4, 0.5) is 0 Å². The number of aromatic nitrogens is 8. The van der Waals surface area contributed by atoms with Crippen LogP contribution in [0.5, 0.6) is 0 Å². The zero-order valence-corrected chi connectivity index (χ0v) is 21.4. The quantitative estimate of drug-likeness (QED) is 0.278. The Kier molecular flexibility index (Phi) is 6.70. The summed E-state index contributed by atoms with van der Waals surface area (Å²) in [6, 6.07) is 11.5. The second-order valence-corrected chi connectivity index (χ2v) is 9.59. The zero-order chi connectivity index (χ0) is 25.9. The van der Waals surface area contributed by atoms with Gasteiger partial charge in [0, 0.05) is 54.7 Å². The summed E-state index contributed by atoms with van der Waals surface area (Å²) in [4.78, 5) is 23.9. The van der Waals surface area contributed by atoms with E-state index in [2.05, 4.69) is 41.5 Å². The summed E-state index contributed by atoms with van der Waals surface area (Å²) in [7, 11) is 0. The normalized spacial score (nSPS) is 13.9. The van der Waals surface area contributed by atoms with Crippen LogP contribution in [0.3, 0.4) is 0 Å². The fraction of sp³-hybridized carbons (Fsp3) is 0.321. The SMILES string of the molecule is CCC(=O)c1ccc2nnc(Cc3cccc(-c4ncc(-c5cnn(CCN6CCCC6)c5)cn4)c3)n2n1. The molecule has 0 bridgehead atoms. The summed E-state index contributed by atoms with van der Waals surface area (Å²) in [5.41, 5.74) is 4.92. The minimum atomic E-state index is -0.0106. The minimum Gasteiger partial charge on any atom is -0.301 e. The van der Waals surface area contributed by atoms with Gasteiger partial charge in [0.15, 0.2) is 23.1 Å². The Bertz CT molecular complexity index is 1570. The van der Waals surface area contributed by atoms with Crippen molar-refractivity contribution in [2.45, 2.75) is 39.2 Å². The molecule has 1 saturated heterocycles. The van der Waals surface area contributed by atoms with E-state index in [4.69, 9.17) is 0 Å². The molecule has 10 nitrogen and oxygen atoms in total. The van der Waals surface area contributed by atoms with Crippen LogP contribution in [0, 0.1) is 0 Å². The molecule has 5 aromatic rings. The molecule has 38 heavy (non-hydrogen) atoms. The fourth-order valence-electron chi connectivity index (χ4n) is 4.79. The Hall–Kier alpha value is -4.31. The van der Waals surface area contributed by atoms with Crippen molar-refractivity contribution in [3.8, 4) is 22.5 Å². The molecule has 1 aromatic carbocycles. The first-order chi connectivity index (χ1) is 18.7. The number of rotatable bonds is 9. The molecular weight excluding hydrogens is 478 g/mol. The van der Waals surface area contributed by atoms with Crippen molar-refractivity contribution >= 4 is 11.4 Å². The third-order valence-electron chi connectivity index (χ3n) is 6.94. The highest BCUT2D eigenvalue weighted by Gasteiger charge is 2.14. The van der Waals surface area contributed by atoms with E-state index in [-0.39, 0.29) is 5.78 Å². The molecule has 0 atom stereocenters. The lowest BCUT2D eigenvalue weighted by atomic mass is 10.1. The maximum atomic E-state index is 12.1. The highest BCUT2D eigenvalue weighted by atomic mass is 16.1. The number of carbonyl (C=O) groups excluding carboxylic acids is 1. The summed E-state index contributed by atoms with van der Waals surface area (Å²) in [6.07, 6.45) is 11.1. The smallest absolute Gasteiger partial charge is 0.182 e. The first-order valence-corrected chi connectivity index (χ1v) is 13.1. The number of hydrogen-bond donors (Lipinski definition) is 0. The summed E-state index contributed by atoms with van der Waals surface area (Å²) in [5, 5.41) is 17.5. The van der Waals surface area contributed by atoms with E-state index in [0.29, 0.717) is 35.8 Å². The Morgan fingerprint density at radius 2 is 1.76 bits per heavy atom. The molecule has 0 amide bonds. The number of fused-ring (bicyclic) bond motifs is 1. The topological polar surface area (TPSA) is 107 Å². The minimum absolute atomic E-state index is 0.0106. The standard InChI is InChI=1S/C28H29N9O/c1-2-25(38)24-8-9-26-32-33-27(37(26)34-24)15-20-6-5-7-21(14-20)28-29-16-22(17-30-28)23-18-31-36(19-23)13-12-35-10-3-4-11-35/h5-9,14,16-19H,2-4,10-13,15H2,1H3. The van der Waals surface area contributed by atoms with Gasteiger partial charge in [0.2, 0.25) is 0 Å². The van der Waals surface area contributed by atoms with E-state index in [1.54, 1.807) is 16.6 Å². The molecule has 1 aliphatic rings. The zero-order valence-electron chi connectivity index (χ0n) is 21.4. The van der Waals surface area contributed by atoms with Crippen LogP contribution in [0.1, 0.15) is 48.1 Å². The van der Waals surface area contributed by atoms with Crippen molar-refractivity contribution in [2.75, 3.05) is 19.6 Å². The molecule has 0 radical (unpaired) electrons. The van der Waals surface area contributed by atoms with Crippen molar-refractivity contribution in [2.24, 2.45) is 0 Å². The first-order valence-electron chi connectivity index (χ1n) is 13.1. The molecule has 6 rings (SSSR count). The molecule has 10 heteroatoms. The van der Waals surface area contributed by atoms with E-state index in [1.165, 1.54) is 25.9 Å².